The number of hydrogen-bond acceptors (Lipinski definition) is 6. The first-order valence-corrected chi connectivity index (χ1v) is 10.6. The molecule has 32 heavy (non-hydrogen) atoms. The van der Waals surface area contributed by atoms with Gasteiger partial charge in [0.1, 0.15) is 0 Å². The molecular weight excluding hydrogens is 465 g/mol. The Balaban J connectivity index is 1.36. The number of nitrogens with zero attached hydrogens (tertiary/aromatic N) is 3. The van der Waals surface area contributed by atoms with E-state index in [0.29, 0.717) is 15.8 Å². The highest BCUT2D eigenvalue weighted by Gasteiger charge is 2.30. The predicted octanol–water partition coefficient (Wildman–Crippen LogP) is 6.10. The Morgan fingerprint density at radius 2 is 1.94 bits per heavy atom. The normalized spacial score (nSPS) is 11.5. The van der Waals surface area contributed by atoms with E-state index in [0.717, 1.165) is 17.7 Å². The lowest BCUT2D eigenvalue weighted by atomic mass is 10.1. The molecule has 0 saturated heterocycles. The average Bonchev–Trinajstić information content (AvgIpc) is 3.42. The van der Waals surface area contributed by atoms with Crippen LogP contribution in [0.25, 0.3) is 22.7 Å². The molecule has 2 aromatic carbocycles. The van der Waals surface area contributed by atoms with Crippen LogP contribution in [0.2, 0.25) is 5.02 Å². The molecule has 1 amide bonds. The molecule has 2 heterocycles. The minimum Gasteiger partial charge on any atom is -0.421 e. The van der Waals surface area contributed by atoms with E-state index < -0.39 is 11.7 Å². The molecule has 1 N–H and O–H groups in total. The third kappa shape index (κ3) is 5.14. The summed E-state index contributed by atoms with van der Waals surface area (Å²) in [6, 6.07) is 11.9. The van der Waals surface area contributed by atoms with E-state index in [9.17, 15) is 18.0 Å². The van der Waals surface area contributed by atoms with Gasteiger partial charge in [-0.1, -0.05) is 35.9 Å². The van der Waals surface area contributed by atoms with Crippen molar-refractivity contribution in [3.63, 3.8) is 0 Å². The van der Waals surface area contributed by atoms with E-state index in [4.69, 9.17) is 16.0 Å². The number of carbonyl (C=O) groups excluding carboxylic acids is 1. The van der Waals surface area contributed by atoms with Gasteiger partial charge in [-0.3, -0.25) is 4.79 Å². The van der Waals surface area contributed by atoms with Gasteiger partial charge in [-0.2, -0.15) is 13.2 Å². The lowest BCUT2D eigenvalue weighted by Crippen LogP contribution is -2.12. The fourth-order valence-corrected chi connectivity index (χ4v) is 3.79. The van der Waals surface area contributed by atoms with Gasteiger partial charge in [0.05, 0.1) is 11.3 Å². The number of alkyl halides is 3. The van der Waals surface area contributed by atoms with Crippen molar-refractivity contribution in [2.45, 2.75) is 19.0 Å². The molecule has 4 aromatic rings. The summed E-state index contributed by atoms with van der Waals surface area (Å²) in [6.07, 6.45) is -4.32. The van der Waals surface area contributed by atoms with Gasteiger partial charge >= 0.3 is 6.18 Å². The quantitative estimate of drug-likeness (QED) is 0.362. The third-order valence-corrected chi connectivity index (χ3v) is 5.46. The van der Waals surface area contributed by atoms with Crippen LogP contribution in [0.4, 0.5) is 18.3 Å². The minimum atomic E-state index is -4.47. The molecule has 6 nitrogen and oxygen atoms in total. The van der Waals surface area contributed by atoms with Crippen LogP contribution in [-0.4, -0.2) is 21.1 Å². The molecule has 0 aliphatic carbocycles. The standard InChI is InChI=1S/C21H14ClF3N4O2S/c22-15-7-2-1-6-14(15)16-11-32-20(26-16)27-17(30)8-9-18-28-29-19(31-18)12-4-3-5-13(10-12)21(23,24)25/h1-7,10-11H,8-9H2,(H,26,27,30). The first kappa shape index (κ1) is 22.0. The zero-order chi connectivity index (χ0) is 22.7. The third-order valence-electron chi connectivity index (χ3n) is 4.37. The SMILES string of the molecule is O=C(CCc1nnc(-c2cccc(C(F)(F)F)c2)o1)Nc1nc(-c2ccccc2Cl)cs1. The maximum Gasteiger partial charge on any atom is 0.416 e. The Morgan fingerprint density at radius 3 is 2.72 bits per heavy atom. The number of amides is 1. The summed E-state index contributed by atoms with van der Waals surface area (Å²) in [4.78, 5) is 16.6. The van der Waals surface area contributed by atoms with E-state index >= 15 is 0 Å². The fourth-order valence-electron chi connectivity index (χ4n) is 2.83. The van der Waals surface area contributed by atoms with E-state index in [2.05, 4.69) is 20.5 Å². The number of carbonyl (C=O) groups is 1. The van der Waals surface area contributed by atoms with Crippen molar-refractivity contribution < 1.29 is 22.4 Å². The molecule has 0 aliphatic rings. The van der Waals surface area contributed by atoms with Crippen molar-refractivity contribution in [1.82, 2.24) is 15.2 Å². The van der Waals surface area contributed by atoms with Gasteiger partial charge in [-0.05, 0) is 24.3 Å². The summed E-state index contributed by atoms with van der Waals surface area (Å²) in [5.74, 6) is -0.219. The molecule has 0 saturated carbocycles. The van der Waals surface area contributed by atoms with E-state index in [1.165, 1.54) is 23.5 Å². The minimum absolute atomic E-state index is 0.0330. The lowest BCUT2D eigenvalue weighted by Gasteiger charge is -2.06. The Hall–Kier alpha value is -3.24. The second-order valence-electron chi connectivity index (χ2n) is 6.65. The molecular formula is C21H14ClF3N4O2S. The maximum atomic E-state index is 12.9. The molecule has 0 aliphatic heterocycles. The number of aryl methyl sites for hydroxylation is 1. The molecule has 0 spiro atoms. The van der Waals surface area contributed by atoms with Crippen molar-refractivity contribution >= 4 is 34.0 Å². The molecule has 2 aromatic heterocycles. The number of hydrogen-bond donors (Lipinski definition) is 1. The van der Waals surface area contributed by atoms with Gasteiger partial charge in [-0.15, -0.1) is 21.5 Å². The van der Waals surface area contributed by atoms with E-state index in [-0.39, 0.29) is 36.1 Å². The summed E-state index contributed by atoms with van der Waals surface area (Å²) in [7, 11) is 0. The first-order chi connectivity index (χ1) is 15.3. The van der Waals surface area contributed by atoms with Crippen molar-refractivity contribution in [1.29, 1.82) is 0 Å². The second-order valence-corrected chi connectivity index (χ2v) is 7.91. The summed E-state index contributed by atoms with van der Waals surface area (Å²) < 4.78 is 44.0. The monoisotopic (exact) mass is 478 g/mol. The van der Waals surface area contributed by atoms with Gasteiger partial charge in [0.25, 0.3) is 0 Å². The van der Waals surface area contributed by atoms with Crippen molar-refractivity contribution in [3.05, 3.63) is 70.4 Å². The zero-order valence-corrected chi connectivity index (χ0v) is 17.8. The number of aromatic nitrogens is 3. The Labute approximate surface area is 189 Å². The Kier molecular flexibility index (Phi) is 6.24. The van der Waals surface area contributed by atoms with Crippen LogP contribution in [0.15, 0.2) is 58.3 Å². The number of thiazole rings is 1. The summed E-state index contributed by atoms with van der Waals surface area (Å²) in [5, 5.41) is 13.0. The number of anilines is 1. The maximum absolute atomic E-state index is 12.9. The average molecular weight is 479 g/mol. The number of nitrogens with one attached hydrogen (secondary N) is 1. The van der Waals surface area contributed by atoms with Gasteiger partial charge in [-0.25, -0.2) is 4.98 Å². The highest BCUT2D eigenvalue weighted by molar-refractivity contribution is 7.14. The topological polar surface area (TPSA) is 80.9 Å². The molecule has 0 unspecified atom stereocenters. The second kappa shape index (κ2) is 9.09. The molecule has 11 heteroatoms. The molecule has 0 atom stereocenters. The summed E-state index contributed by atoms with van der Waals surface area (Å²) in [5.41, 5.74) is 0.754. The number of benzene rings is 2. The van der Waals surface area contributed by atoms with E-state index in [1.54, 1.807) is 11.4 Å². The Bertz CT molecular complexity index is 1260. The molecule has 0 bridgehead atoms. The van der Waals surface area contributed by atoms with Crippen molar-refractivity contribution in [3.8, 4) is 22.7 Å². The molecule has 164 valence electrons. The van der Waals surface area contributed by atoms with Gasteiger partial charge < -0.3 is 9.73 Å². The van der Waals surface area contributed by atoms with Crippen LogP contribution in [0.1, 0.15) is 17.9 Å². The molecule has 4 rings (SSSR count). The van der Waals surface area contributed by atoms with Crippen LogP contribution in [0.5, 0.6) is 0 Å². The summed E-state index contributed by atoms with van der Waals surface area (Å²) >= 11 is 7.43. The first-order valence-electron chi connectivity index (χ1n) is 9.30. The van der Waals surface area contributed by atoms with Crippen LogP contribution >= 0.6 is 22.9 Å². The Morgan fingerprint density at radius 1 is 1.12 bits per heavy atom. The highest BCUT2D eigenvalue weighted by atomic mass is 35.5. The number of halogens is 4. The molecule has 0 fully saturated rings. The van der Waals surface area contributed by atoms with Gasteiger partial charge in [0, 0.05) is 34.4 Å². The van der Waals surface area contributed by atoms with Crippen molar-refractivity contribution in [2.24, 2.45) is 0 Å². The van der Waals surface area contributed by atoms with Crippen LogP contribution in [0.3, 0.4) is 0 Å². The largest absolute Gasteiger partial charge is 0.421 e. The van der Waals surface area contributed by atoms with Crippen LogP contribution < -0.4 is 5.32 Å². The predicted molar refractivity (Wildman–Crippen MR) is 114 cm³/mol. The molecule has 0 radical (unpaired) electrons. The van der Waals surface area contributed by atoms with Gasteiger partial charge in [0.2, 0.25) is 17.7 Å². The van der Waals surface area contributed by atoms with Crippen molar-refractivity contribution in [2.75, 3.05) is 5.32 Å². The van der Waals surface area contributed by atoms with E-state index in [1.807, 2.05) is 18.2 Å². The zero-order valence-electron chi connectivity index (χ0n) is 16.2. The van der Waals surface area contributed by atoms with Crippen LogP contribution in [0, 0.1) is 0 Å². The lowest BCUT2D eigenvalue weighted by molar-refractivity contribution is -0.137. The fraction of sp³-hybridized carbons (Fsp3) is 0.143. The van der Waals surface area contributed by atoms with Crippen LogP contribution in [-0.2, 0) is 17.4 Å². The highest BCUT2D eigenvalue weighted by Crippen LogP contribution is 2.32. The van der Waals surface area contributed by atoms with Gasteiger partial charge in [0.15, 0.2) is 5.13 Å². The smallest absolute Gasteiger partial charge is 0.416 e. The summed E-state index contributed by atoms with van der Waals surface area (Å²) in [6.45, 7) is 0. The number of rotatable bonds is 6.